The molecule has 2 N–H and O–H groups in total. The average molecular weight is 447 g/mol. The summed E-state index contributed by atoms with van der Waals surface area (Å²) >= 11 is 5.93. The zero-order chi connectivity index (χ0) is 18.0. The maximum atomic E-state index is 13.6. The van der Waals surface area contributed by atoms with Crippen LogP contribution in [0.1, 0.15) is 28.9 Å². The smallest absolute Gasteiger partial charge is 0.348 e. The minimum absolute atomic E-state index is 0. The number of amides is 1. The summed E-state index contributed by atoms with van der Waals surface area (Å²) in [5.74, 6) is -1.01. The lowest BCUT2D eigenvalue weighted by atomic mass is 10.1. The molecule has 2 aromatic heterocycles. The van der Waals surface area contributed by atoms with Crippen molar-refractivity contribution in [1.29, 1.82) is 0 Å². The van der Waals surface area contributed by atoms with Crippen LogP contribution < -0.4 is 10.6 Å². The van der Waals surface area contributed by atoms with Crippen molar-refractivity contribution in [2.75, 3.05) is 13.1 Å². The quantitative estimate of drug-likeness (QED) is 0.759. The fourth-order valence-corrected chi connectivity index (χ4v) is 2.92. The van der Waals surface area contributed by atoms with Gasteiger partial charge in [0.1, 0.15) is 0 Å². The van der Waals surface area contributed by atoms with Gasteiger partial charge in [0, 0.05) is 18.8 Å². The summed E-state index contributed by atoms with van der Waals surface area (Å²) in [4.78, 5) is 16.2. The van der Waals surface area contributed by atoms with Crippen LogP contribution in [-0.2, 0) is 6.18 Å². The van der Waals surface area contributed by atoms with Crippen LogP contribution in [0.4, 0.5) is 13.2 Å². The maximum absolute atomic E-state index is 13.6. The molecule has 0 bridgehead atoms. The van der Waals surface area contributed by atoms with Crippen LogP contribution in [0.25, 0.3) is 5.82 Å². The van der Waals surface area contributed by atoms with Gasteiger partial charge in [-0.05, 0) is 31.5 Å². The van der Waals surface area contributed by atoms with Crippen LogP contribution in [0, 0.1) is 0 Å². The van der Waals surface area contributed by atoms with E-state index in [2.05, 4.69) is 20.7 Å². The highest BCUT2D eigenvalue weighted by Gasteiger charge is 2.41. The van der Waals surface area contributed by atoms with Crippen molar-refractivity contribution in [2.24, 2.45) is 0 Å². The van der Waals surface area contributed by atoms with Crippen molar-refractivity contribution in [3.63, 3.8) is 0 Å². The number of carbonyl (C=O) groups is 1. The second kappa shape index (κ2) is 9.59. The molecule has 27 heavy (non-hydrogen) atoms. The predicted molar refractivity (Wildman–Crippen MR) is 99.2 cm³/mol. The van der Waals surface area contributed by atoms with Crippen LogP contribution in [-0.4, -0.2) is 39.8 Å². The van der Waals surface area contributed by atoms with Gasteiger partial charge in [0.05, 0.1) is 16.8 Å². The molecule has 2 aromatic rings. The van der Waals surface area contributed by atoms with Crippen LogP contribution in [0.5, 0.6) is 0 Å². The van der Waals surface area contributed by atoms with Gasteiger partial charge in [-0.1, -0.05) is 11.6 Å². The van der Waals surface area contributed by atoms with Gasteiger partial charge in [-0.2, -0.15) is 18.3 Å². The van der Waals surface area contributed by atoms with Gasteiger partial charge >= 0.3 is 6.18 Å². The standard InChI is InChI=1S/C15H15ClF3N5O.2ClH/c16-11-4-2-6-21-13(11)24-12(15(17,18)19)10(8-22-24)14(25)23-9-3-1-5-20-7-9;;/h2,4,6,8-9,20H,1,3,5,7H2,(H,23,25);2*1H/t9-;;/m0../s1. The summed E-state index contributed by atoms with van der Waals surface area (Å²) in [6.45, 7) is 1.35. The molecule has 0 spiro atoms. The van der Waals surface area contributed by atoms with Crippen molar-refractivity contribution in [3.8, 4) is 5.82 Å². The monoisotopic (exact) mass is 445 g/mol. The number of nitrogens with one attached hydrogen (secondary N) is 2. The van der Waals surface area contributed by atoms with Gasteiger partial charge in [-0.3, -0.25) is 4.79 Å². The number of piperidine rings is 1. The van der Waals surface area contributed by atoms with E-state index in [0.29, 0.717) is 17.6 Å². The molecule has 12 heteroatoms. The topological polar surface area (TPSA) is 71.8 Å². The number of carbonyl (C=O) groups excluding carboxylic acids is 1. The average Bonchev–Trinajstić information content (AvgIpc) is 3.01. The third kappa shape index (κ3) is 5.25. The van der Waals surface area contributed by atoms with E-state index in [9.17, 15) is 18.0 Å². The fourth-order valence-electron chi connectivity index (χ4n) is 2.72. The lowest BCUT2D eigenvalue weighted by Gasteiger charge is -2.23. The molecule has 0 unspecified atom stereocenters. The first-order chi connectivity index (χ1) is 11.9. The van der Waals surface area contributed by atoms with Gasteiger partial charge < -0.3 is 10.6 Å². The van der Waals surface area contributed by atoms with E-state index in [0.717, 1.165) is 19.2 Å². The second-order valence-electron chi connectivity index (χ2n) is 5.64. The van der Waals surface area contributed by atoms with E-state index < -0.39 is 23.3 Å². The highest BCUT2D eigenvalue weighted by Crippen LogP contribution is 2.34. The fraction of sp³-hybridized carbons (Fsp3) is 0.400. The molecule has 3 heterocycles. The Morgan fingerprint density at radius 3 is 2.70 bits per heavy atom. The molecule has 1 amide bonds. The zero-order valence-electron chi connectivity index (χ0n) is 13.8. The minimum atomic E-state index is -4.80. The molecule has 0 saturated carbocycles. The Hall–Kier alpha value is -1.55. The van der Waals surface area contributed by atoms with Gasteiger partial charge in [-0.15, -0.1) is 24.8 Å². The summed E-state index contributed by atoms with van der Waals surface area (Å²) in [7, 11) is 0. The number of nitrogens with zero attached hydrogens (tertiary/aromatic N) is 3. The van der Waals surface area contributed by atoms with Crippen molar-refractivity contribution in [3.05, 3.63) is 40.8 Å². The Balaban J connectivity index is 0.00000182. The molecule has 3 rings (SSSR count). The molecule has 0 aliphatic carbocycles. The lowest BCUT2D eigenvalue weighted by molar-refractivity contribution is -0.143. The first-order valence-corrected chi connectivity index (χ1v) is 8.03. The van der Waals surface area contributed by atoms with E-state index in [1.807, 2.05) is 0 Å². The number of alkyl halides is 3. The third-order valence-corrected chi connectivity index (χ3v) is 4.15. The van der Waals surface area contributed by atoms with E-state index >= 15 is 0 Å². The molecular weight excluding hydrogens is 430 g/mol. The Kier molecular flexibility index (Phi) is 8.34. The highest BCUT2D eigenvalue weighted by molar-refractivity contribution is 6.32. The molecule has 0 radical (unpaired) electrons. The van der Waals surface area contributed by atoms with E-state index in [-0.39, 0.29) is 41.7 Å². The number of halogens is 6. The number of hydrogen-bond acceptors (Lipinski definition) is 4. The molecule has 1 aliphatic rings. The third-order valence-electron chi connectivity index (χ3n) is 3.85. The minimum Gasteiger partial charge on any atom is -0.348 e. The Labute approximate surface area is 170 Å². The zero-order valence-corrected chi connectivity index (χ0v) is 16.2. The molecule has 0 aromatic carbocycles. The normalized spacial score (nSPS) is 16.8. The van der Waals surface area contributed by atoms with Crippen LogP contribution in [0.15, 0.2) is 24.5 Å². The van der Waals surface area contributed by atoms with E-state index in [1.165, 1.54) is 18.3 Å². The van der Waals surface area contributed by atoms with Gasteiger partial charge in [0.25, 0.3) is 5.91 Å². The number of hydrogen-bond donors (Lipinski definition) is 2. The second-order valence-corrected chi connectivity index (χ2v) is 6.05. The number of rotatable bonds is 3. The molecule has 1 saturated heterocycles. The van der Waals surface area contributed by atoms with Crippen molar-refractivity contribution < 1.29 is 18.0 Å². The number of pyridine rings is 1. The molecule has 1 atom stereocenters. The first-order valence-electron chi connectivity index (χ1n) is 7.65. The summed E-state index contributed by atoms with van der Waals surface area (Å²) in [6.07, 6.45) is -1.05. The summed E-state index contributed by atoms with van der Waals surface area (Å²) in [5, 5.41) is 9.41. The van der Waals surface area contributed by atoms with Crippen LogP contribution >= 0.6 is 36.4 Å². The van der Waals surface area contributed by atoms with Crippen molar-refractivity contribution in [1.82, 2.24) is 25.4 Å². The Bertz CT molecular complexity index is 778. The predicted octanol–water partition coefficient (Wildman–Crippen LogP) is 3.26. The molecule has 6 nitrogen and oxygen atoms in total. The lowest BCUT2D eigenvalue weighted by Crippen LogP contribution is -2.45. The van der Waals surface area contributed by atoms with Gasteiger partial charge in [0.15, 0.2) is 11.5 Å². The number of aromatic nitrogens is 3. The summed E-state index contributed by atoms with van der Waals surface area (Å²) in [5.41, 5.74) is -1.76. The molecule has 1 aliphatic heterocycles. The summed E-state index contributed by atoms with van der Waals surface area (Å²) in [6, 6.07) is 2.68. The SMILES string of the molecule is Cl.Cl.O=C(N[C@H]1CCCNC1)c1cnn(-c2ncccc2Cl)c1C(F)(F)F. The molecular formula is C15H17Cl3F3N5O. The van der Waals surface area contributed by atoms with Gasteiger partial charge in [-0.25, -0.2) is 9.67 Å². The van der Waals surface area contributed by atoms with Crippen LogP contribution in [0.2, 0.25) is 5.02 Å². The first kappa shape index (κ1) is 23.5. The van der Waals surface area contributed by atoms with E-state index in [4.69, 9.17) is 11.6 Å². The molecule has 1 fully saturated rings. The summed E-state index contributed by atoms with van der Waals surface area (Å²) < 4.78 is 41.3. The molecule has 150 valence electrons. The largest absolute Gasteiger partial charge is 0.434 e. The van der Waals surface area contributed by atoms with E-state index in [1.54, 1.807) is 0 Å². The van der Waals surface area contributed by atoms with Crippen molar-refractivity contribution >= 4 is 42.3 Å². The maximum Gasteiger partial charge on any atom is 0.434 e. The van der Waals surface area contributed by atoms with Gasteiger partial charge in [0.2, 0.25) is 0 Å². The Morgan fingerprint density at radius 2 is 2.11 bits per heavy atom. The highest BCUT2D eigenvalue weighted by atomic mass is 35.5. The Morgan fingerprint density at radius 1 is 1.37 bits per heavy atom. The van der Waals surface area contributed by atoms with Crippen molar-refractivity contribution in [2.45, 2.75) is 25.1 Å². The van der Waals surface area contributed by atoms with Crippen LogP contribution in [0.3, 0.4) is 0 Å².